The molecule has 0 bridgehead atoms. The van der Waals surface area contributed by atoms with Gasteiger partial charge < -0.3 is 10.1 Å². The Balaban J connectivity index is 1.84. The van der Waals surface area contributed by atoms with Crippen LogP contribution in [0.3, 0.4) is 0 Å². The van der Waals surface area contributed by atoms with Crippen molar-refractivity contribution in [1.29, 1.82) is 0 Å². The molecule has 1 N–H and O–H groups in total. The summed E-state index contributed by atoms with van der Waals surface area (Å²) in [6, 6.07) is 9.39. The first kappa shape index (κ1) is 18.4. The fraction of sp³-hybridized carbons (Fsp3) is 0.316. The predicted octanol–water partition coefficient (Wildman–Crippen LogP) is 3.64. The lowest BCUT2D eigenvalue weighted by molar-refractivity contribution is -0.123. The van der Waals surface area contributed by atoms with E-state index in [1.807, 2.05) is 25.1 Å². The molecule has 2 heterocycles. The number of pyridine rings is 1. The third kappa shape index (κ3) is 3.72. The monoisotopic (exact) mass is 417 g/mol. The van der Waals surface area contributed by atoms with E-state index < -0.39 is 0 Å². The van der Waals surface area contributed by atoms with Crippen LogP contribution < -0.4 is 15.0 Å². The highest BCUT2D eigenvalue weighted by Crippen LogP contribution is 2.32. The maximum Gasteiger partial charge on any atom is 0.266 e. The van der Waals surface area contributed by atoms with E-state index in [0.717, 1.165) is 16.8 Å². The summed E-state index contributed by atoms with van der Waals surface area (Å²) in [5, 5.41) is 2.96. The fourth-order valence-electron chi connectivity index (χ4n) is 2.88. The Kier molecular flexibility index (Phi) is 5.27. The number of aryl methyl sites for hydroxylation is 1. The predicted molar refractivity (Wildman–Crippen MR) is 104 cm³/mol. The van der Waals surface area contributed by atoms with Crippen molar-refractivity contribution in [2.75, 3.05) is 23.4 Å². The highest BCUT2D eigenvalue weighted by molar-refractivity contribution is 9.10. The molecule has 0 radical (unpaired) electrons. The minimum atomic E-state index is -0.299. The highest BCUT2D eigenvalue weighted by Gasteiger charge is 2.29. The van der Waals surface area contributed by atoms with Gasteiger partial charge in [0.15, 0.2) is 18.2 Å². The lowest BCUT2D eigenvalue weighted by atomic mass is 9.98. The molecule has 26 heavy (non-hydrogen) atoms. The second-order valence-electron chi connectivity index (χ2n) is 6.47. The first-order chi connectivity index (χ1) is 12.4. The summed E-state index contributed by atoms with van der Waals surface area (Å²) in [7, 11) is 0. The van der Waals surface area contributed by atoms with Crippen molar-refractivity contribution in [3.8, 4) is 5.75 Å². The van der Waals surface area contributed by atoms with E-state index in [4.69, 9.17) is 4.74 Å². The van der Waals surface area contributed by atoms with Crippen molar-refractivity contribution >= 4 is 39.2 Å². The van der Waals surface area contributed by atoms with E-state index in [-0.39, 0.29) is 30.9 Å². The molecule has 0 fully saturated rings. The summed E-state index contributed by atoms with van der Waals surface area (Å²) in [5.41, 5.74) is 2.85. The zero-order valence-corrected chi connectivity index (χ0v) is 16.5. The zero-order valence-electron chi connectivity index (χ0n) is 14.9. The van der Waals surface area contributed by atoms with Crippen LogP contribution >= 0.6 is 15.9 Å². The van der Waals surface area contributed by atoms with Crippen molar-refractivity contribution < 1.29 is 14.3 Å². The number of ether oxygens (including phenoxy) is 1. The first-order valence-electron chi connectivity index (χ1n) is 8.36. The zero-order chi connectivity index (χ0) is 18.8. The standard InChI is InChI=1S/C19H20BrN3O3/c1-11(2)13-6-4-5-12(3)18(13)22-16(24)9-23-17(25)10-26-14-7-8-15(20)21-19(14)23/h4-8,11H,9-10H2,1-3H3,(H,22,24). The number of fused-ring (bicyclic) bond motifs is 1. The van der Waals surface area contributed by atoms with Gasteiger partial charge in [-0.25, -0.2) is 4.98 Å². The van der Waals surface area contributed by atoms with Gasteiger partial charge in [0, 0.05) is 5.69 Å². The van der Waals surface area contributed by atoms with Crippen LogP contribution in [-0.4, -0.2) is 29.9 Å². The maximum atomic E-state index is 12.7. The first-order valence-corrected chi connectivity index (χ1v) is 9.15. The van der Waals surface area contributed by atoms with Gasteiger partial charge in [-0.3, -0.25) is 14.5 Å². The van der Waals surface area contributed by atoms with Crippen molar-refractivity contribution in [2.24, 2.45) is 0 Å². The third-order valence-corrected chi connectivity index (χ3v) is 4.65. The molecule has 1 aromatic heterocycles. The molecule has 0 saturated carbocycles. The van der Waals surface area contributed by atoms with Crippen LogP contribution in [0, 0.1) is 6.92 Å². The fourth-order valence-corrected chi connectivity index (χ4v) is 3.18. The van der Waals surface area contributed by atoms with Crippen LogP contribution in [0.5, 0.6) is 5.75 Å². The molecule has 0 atom stereocenters. The third-order valence-electron chi connectivity index (χ3n) is 4.21. The van der Waals surface area contributed by atoms with Crippen molar-refractivity contribution in [1.82, 2.24) is 4.98 Å². The van der Waals surface area contributed by atoms with Crippen LogP contribution in [0.15, 0.2) is 34.9 Å². The van der Waals surface area contributed by atoms with Crippen molar-refractivity contribution in [3.05, 3.63) is 46.1 Å². The van der Waals surface area contributed by atoms with E-state index in [1.54, 1.807) is 12.1 Å². The van der Waals surface area contributed by atoms with Gasteiger partial charge in [-0.1, -0.05) is 32.0 Å². The molecular weight excluding hydrogens is 398 g/mol. The van der Waals surface area contributed by atoms with Gasteiger partial charge in [-0.2, -0.15) is 0 Å². The molecule has 0 aliphatic carbocycles. The van der Waals surface area contributed by atoms with Crippen LogP contribution in [-0.2, 0) is 9.59 Å². The molecule has 2 amide bonds. The second kappa shape index (κ2) is 7.45. The Bertz CT molecular complexity index is 867. The normalized spacial score (nSPS) is 13.4. The van der Waals surface area contributed by atoms with E-state index in [0.29, 0.717) is 16.2 Å². The molecule has 136 valence electrons. The van der Waals surface area contributed by atoms with Gasteiger partial charge in [-0.05, 0) is 52.0 Å². The number of nitrogens with zero attached hydrogens (tertiary/aromatic N) is 2. The summed E-state index contributed by atoms with van der Waals surface area (Å²) in [6.45, 7) is 5.88. The number of amides is 2. The number of rotatable bonds is 4. The summed E-state index contributed by atoms with van der Waals surface area (Å²) in [5.74, 6) is 0.531. The number of benzene rings is 1. The molecule has 7 heteroatoms. The van der Waals surface area contributed by atoms with Gasteiger partial charge in [0.05, 0.1) is 0 Å². The lowest BCUT2D eigenvalue weighted by Crippen LogP contribution is -2.44. The van der Waals surface area contributed by atoms with Gasteiger partial charge >= 0.3 is 0 Å². The molecule has 1 aliphatic rings. The van der Waals surface area contributed by atoms with E-state index in [2.05, 4.69) is 40.1 Å². The topological polar surface area (TPSA) is 71.5 Å². The highest BCUT2D eigenvalue weighted by atomic mass is 79.9. The minimum Gasteiger partial charge on any atom is -0.480 e. The number of aromatic nitrogens is 1. The number of hydrogen-bond acceptors (Lipinski definition) is 4. The SMILES string of the molecule is Cc1cccc(C(C)C)c1NC(=O)CN1C(=O)COc2ccc(Br)nc21. The Morgan fingerprint density at radius 1 is 1.35 bits per heavy atom. The van der Waals surface area contributed by atoms with Crippen LogP contribution in [0.2, 0.25) is 0 Å². The van der Waals surface area contributed by atoms with E-state index in [1.165, 1.54) is 4.90 Å². The molecule has 0 spiro atoms. The number of carbonyl (C=O) groups is 2. The van der Waals surface area contributed by atoms with Crippen LogP contribution in [0.1, 0.15) is 30.9 Å². The average molecular weight is 418 g/mol. The number of halogens is 1. The molecule has 2 aromatic rings. The van der Waals surface area contributed by atoms with Crippen molar-refractivity contribution in [3.63, 3.8) is 0 Å². The Hall–Kier alpha value is -2.41. The summed E-state index contributed by atoms with van der Waals surface area (Å²) < 4.78 is 5.95. The number of anilines is 2. The number of nitrogens with one attached hydrogen (secondary N) is 1. The Morgan fingerprint density at radius 3 is 2.85 bits per heavy atom. The molecule has 0 saturated heterocycles. The van der Waals surface area contributed by atoms with Crippen LogP contribution in [0.4, 0.5) is 11.5 Å². The van der Waals surface area contributed by atoms with E-state index in [9.17, 15) is 9.59 Å². The quantitative estimate of drug-likeness (QED) is 0.770. The molecule has 1 aliphatic heterocycles. The van der Waals surface area contributed by atoms with Crippen LogP contribution in [0.25, 0.3) is 0 Å². The molecule has 6 nitrogen and oxygen atoms in total. The lowest BCUT2D eigenvalue weighted by Gasteiger charge is -2.28. The van der Waals surface area contributed by atoms with Gasteiger partial charge in [0.2, 0.25) is 5.91 Å². The molecule has 3 rings (SSSR count). The smallest absolute Gasteiger partial charge is 0.266 e. The maximum absolute atomic E-state index is 12.7. The Morgan fingerprint density at radius 2 is 2.12 bits per heavy atom. The average Bonchev–Trinajstić information content (AvgIpc) is 2.59. The largest absolute Gasteiger partial charge is 0.480 e. The minimum absolute atomic E-state index is 0.106. The van der Waals surface area contributed by atoms with Gasteiger partial charge in [0.1, 0.15) is 11.1 Å². The van der Waals surface area contributed by atoms with Gasteiger partial charge in [0.25, 0.3) is 5.91 Å². The molecule has 0 unspecified atom stereocenters. The van der Waals surface area contributed by atoms with E-state index >= 15 is 0 Å². The summed E-state index contributed by atoms with van der Waals surface area (Å²) >= 11 is 3.29. The second-order valence-corrected chi connectivity index (χ2v) is 7.28. The van der Waals surface area contributed by atoms with Crippen molar-refractivity contribution in [2.45, 2.75) is 26.7 Å². The van der Waals surface area contributed by atoms with Gasteiger partial charge in [-0.15, -0.1) is 0 Å². The summed E-state index contributed by atoms with van der Waals surface area (Å²) in [6.07, 6.45) is 0. The molecule has 1 aromatic carbocycles. The number of carbonyl (C=O) groups excluding carboxylic acids is 2. The number of hydrogen-bond donors (Lipinski definition) is 1. The number of para-hydroxylation sites is 1. The molecular formula is C19H20BrN3O3. The Labute approximate surface area is 160 Å². The summed E-state index contributed by atoms with van der Waals surface area (Å²) in [4.78, 5) is 30.6.